The number of nitrogens with zero attached hydrogens (tertiary/aromatic N) is 2. The third-order valence-corrected chi connectivity index (χ3v) is 9.85. The maximum absolute atomic E-state index is 15.1. The molecule has 1 N–H and O–H groups in total. The Balaban J connectivity index is 1.26. The third-order valence-electron chi connectivity index (χ3n) is 9.20. The van der Waals surface area contributed by atoms with Crippen LogP contribution >= 0.6 is 23.2 Å². The highest BCUT2D eigenvalue weighted by atomic mass is 35.5. The number of carbonyl (C=O) groups excluding carboxylic acids is 2. The number of fused-ring (bicyclic) bond motifs is 3. The van der Waals surface area contributed by atoms with Gasteiger partial charge in [0, 0.05) is 29.8 Å². The van der Waals surface area contributed by atoms with Gasteiger partial charge in [-0.3, -0.25) is 4.90 Å². The summed E-state index contributed by atoms with van der Waals surface area (Å²) in [7, 11) is 2.99. The summed E-state index contributed by atoms with van der Waals surface area (Å²) in [5.74, 6) is -0.725. The minimum Gasteiger partial charge on any atom is -0.619 e. The molecule has 50 heavy (non-hydrogen) atoms. The van der Waals surface area contributed by atoms with Crippen molar-refractivity contribution in [3.63, 3.8) is 0 Å². The quantitative estimate of drug-likeness (QED) is 0.0968. The Hall–Kier alpha value is -4.58. The van der Waals surface area contributed by atoms with Crippen LogP contribution in [0, 0.1) is 16.9 Å². The Morgan fingerprint density at radius 3 is 2.36 bits per heavy atom. The van der Waals surface area contributed by atoms with Gasteiger partial charge in [-0.1, -0.05) is 53.5 Å². The Morgan fingerprint density at radius 2 is 1.70 bits per heavy atom. The number of benzene rings is 3. The fourth-order valence-corrected chi connectivity index (χ4v) is 7.12. The van der Waals surface area contributed by atoms with Crippen molar-refractivity contribution in [1.29, 1.82) is 0 Å². The van der Waals surface area contributed by atoms with Crippen LogP contribution in [0.5, 0.6) is 11.5 Å². The summed E-state index contributed by atoms with van der Waals surface area (Å²) in [6.07, 6.45) is 3.05. The topological polar surface area (TPSA) is 113 Å². The normalized spacial score (nSPS) is 19.3. The Bertz CT molecular complexity index is 1850. The Kier molecular flexibility index (Phi) is 11.0. The molecule has 10 nitrogen and oxygen atoms in total. The fourth-order valence-electron chi connectivity index (χ4n) is 6.53. The summed E-state index contributed by atoms with van der Waals surface area (Å²) in [4.78, 5) is 29.7. The molecule has 3 aliphatic rings. The van der Waals surface area contributed by atoms with Crippen LogP contribution in [0.25, 0.3) is 0 Å². The summed E-state index contributed by atoms with van der Waals surface area (Å²) in [5.41, 5.74) is 1.59. The van der Waals surface area contributed by atoms with Crippen molar-refractivity contribution < 1.29 is 37.7 Å². The molecular weight excluding hydrogens is 688 g/mol. The van der Waals surface area contributed by atoms with Crippen molar-refractivity contribution in [2.75, 3.05) is 39.2 Å². The highest BCUT2D eigenvalue weighted by molar-refractivity contribution is 6.35. The van der Waals surface area contributed by atoms with Crippen LogP contribution in [0.3, 0.4) is 0 Å². The second-order valence-corrected chi connectivity index (χ2v) is 13.1. The number of esters is 2. The number of hydrogen-bond donors (Lipinski definition) is 1. The van der Waals surface area contributed by atoms with E-state index < -0.39 is 29.9 Å². The molecule has 1 aromatic heterocycles. The van der Waals surface area contributed by atoms with Crippen molar-refractivity contribution in [3.8, 4) is 11.5 Å². The monoisotopic (exact) mass is 723 g/mol. The summed E-state index contributed by atoms with van der Waals surface area (Å²) in [6, 6.07) is 16.3. The van der Waals surface area contributed by atoms with E-state index in [-0.39, 0.29) is 39.6 Å². The van der Waals surface area contributed by atoms with Gasteiger partial charge in [-0.15, -0.1) is 0 Å². The second-order valence-electron chi connectivity index (χ2n) is 12.3. The van der Waals surface area contributed by atoms with Gasteiger partial charge < -0.3 is 29.5 Å². The van der Waals surface area contributed by atoms with E-state index in [1.54, 1.807) is 48.5 Å². The molecule has 0 aliphatic carbocycles. The van der Waals surface area contributed by atoms with E-state index in [0.717, 1.165) is 25.9 Å². The van der Waals surface area contributed by atoms with Crippen LogP contribution < -0.4 is 19.5 Å². The molecule has 0 amide bonds. The molecule has 1 unspecified atom stereocenters. The first-order valence-electron chi connectivity index (χ1n) is 16.2. The molecule has 262 valence electrons. The van der Waals surface area contributed by atoms with Crippen LogP contribution in [0.1, 0.15) is 52.0 Å². The molecule has 4 aromatic rings. The highest BCUT2D eigenvalue weighted by Gasteiger charge is 2.38. The van der Waals surface area contributed by atoms with Gasteiger partial charge in [-0.05, 0) is 73.8 Å². The van der Waals surface area contributed by atoms with Crippen LogP contribution in [0.2, 0.25) is 10.0 Å². The number of aromatic nitrogens is 1. The molecule has 13 heteroatoms. The predicted octanol–water partition coefficient (Wildman–Crippen LogP) is 6.71. The first-order valence-corrected chi connectivity index (χ1v) is 16.9. The van der Waals surface area contributed by atoms with Crippen molar-refractivity contribution in [1.82, 2.24) is 4.90 Å². The summed E-state index contributed by atoms with van der Waals surface area (Å²) < 4.78 is 38.5. The van der Waals surface area contributed by atoms with Crippen LogP contribution in [0.4, 0.5) is 10.1 Å². The van der Waals surface area contributed by atoms with E-state index in [1.165, 1.54) is 44.8 Å². The molecule has 0 saturated carbocycles. The molecule has 2 bridgehead atoms. The number of halogens is 3. The van der Waals surface area contributed by atoms with Crippen LogP contribution in [-0.4, -0.2) is 56.8 Å². The smallest absolute Gasteiger partial charge is 0.338 e. The van der Waals surface area contributed by atoms with Crippen LogP contribution in [-0.2, 0) is 20.7 Å². The maximum atomic E-state index is 15.1. The standard InChI is InChI=1S/C37H36Cl2FN3O7/c1-47-31-11-10-23(17-33(31)48-2)32(18-27-28(38)19-43(46)20-29(27)39)49-36(44)24-6-5-7-25(16-24)41-35(26-8-3-4-9-30(26)40)37(45)50-34-21-42-14-12-22(34)13-15-42/h3-11,16-17,19-20,22,32,34-35,41H,12-15,18,21H2,1-2H3/t32-,34-,35?/m0/s1. The molecule has 4 heterocycles. The predicted molar refractivity (Wildman–Crippen MR) is 185 cm³/mol. The van der Waals surface area contributed by atoms with E-state index >= 15 is 4.39 Å². The minimum absolute atomic E-state index is 0.0262. The fraction of sp³-hybridized carbons (Fsp3) is 0.324. The lowest BCUT2D eigenvalue weighted by atomic mass is 9.86. The summed E-state index contributed by atoms with van der Waals surface area (Å²) >= 11 is 12.8. The Labute approximate surface area is 299 Å². The molecular formula is C37H36Cl2FN3O7. The number of methoxy groups -OCH3 is 2. The number of rotatable bonds is 12. The summed E-state index contributed by atoms with van der Waals surface area (Å²) in [6.45, 7) is 2.61. The zero-order valence-corrected chi connectivity index (χ0v) is 29.0. The summed E-state index contributed by atoms with van der Waals surface area (Å²) in [5, 5.41) is 15.2. The van der Waals surface area contributed by atoms with Gasteiger partial charge in [0.1, 0.15) is 28.1 Å². The Morgan fingerprint density at radius 1 is 0.980 bits per heavy atom. The van der Waals surface area contributed by atoms with Gasteiger partial charge in [0.2, 0.25) is 0 Å². The number of pyridine rings is 1. The largest absolute Gasteiger partial charge is 0.619 e. The zero-order chi connectivity index (χ0) is 35.4. The van der Waals surface area contributed by atoms with E-state index in [1.807, 2.05) is 0 Å². The third kappa shape index (κ3) is 7.90. The van der Waals surface area contributed by atoms with E-state index in [0.29, 0.717) is 39.6 Å². The molecule has 0 radical (unpaired) electrons. The van der Waals surface area contributed by atoms with E-state index in [9.17, 15) is 14.8 Å². The lowest BCUT2D eigenvalue weighted by Crippen LogP contribution is -2.52. The minimum atomic E-state index is -1.18. The molecule has 0 spiro atoms. The van der Waals surface area contributed by atoms with Crippen molar-refractivity contribution in [2.45, 2.75) is 37.5 Å². The van der Waals surface area contributed by atoms with Crippen molar-refractivity contribution in [3.05, 3.63) is 122 Å². The lowest BCUT2D eigenvalue weighted by Gasteiger charge is -2.44. The average molecular weight is 725 g/mol. The molecule has 3 atom stereocenters. The number of piperidine rings is 3. The molecule has 3 fully saturated rings. The van der Waals surface area contributed by atoms with Gasteiger partial charge in [-0.25, -0.2) is 14.0 Å². The van der Waals surface area contributed by atoms with E-state index in [4.69, 9.17) is 42.1 Å². The number of ether oxygens (including phenoxy) is 4. The van der Waals surface area contributed by atoms with Gasteiger partial charge in [-0.2, -0.15) is 4.73 Å². The average Bonchev–Trinajstić information content (AvgIpc) is 3.12. The number of anilines is 1. The first kappa shape index (κ1) is 35.3. The second kappa shape index (κ2) is 15.5. The van der Waals surface area contributed by atoms with E-state index in [2.05, 4.69) is 10.2 Å². The maximum Gasteiger partial charge on any atom is 0.338 e. The number of hydrogen-bond acceptors (Lipinski definition) is 9. The molecule has 7 rings (SSSR count). The lowest BCUT2D eigenvalue weighted by molar-refractivity contribution is -0.605. The highest BCUT2D eigenvalue weighted by Crippen LogP contribution is 2.36. The number of nitrogens with one attached hydrogen (secondary N) is 1. The number of carbonyl (C=O) groups is 2. The molecule has 3 saturated heterocycles. The van der Waals surface area contributed by atoms with Gasteiger partial charge in [0.15, 0.2) is 29.9 Å². The van der Waals surface area contributed by atoms with Gasteiger partial charge >= 0.3 is 11.9 Å². The van der Waals surface area contributed by atoms with Crippen LogP contribution in [0.15, 0.2) is 79.1 Å². The zero-order valence-electron chi connectivity index (χ0n) is 27.4. The van der Waals surface area contributed by atoms with Gasteiger partial charge in [0.05, 0.1) is 19.8 Å². The van der Waals surface area contributed by atoms with Crippen molar-refractivity contribution >= 4 is 40.8 Å². The SMILES string of the molecule is COc1ccc([C@H](Cc2c(Cl)c[n+]([O-])cc2Cl)OC(=O)c2cccc(NC(C(=O)O[C@H]3CN4CCC3CC4)c3ccccc3F)c2)cc1OC. The first-order chi connectivity index (χ1) is 24.1. The molecule has 3 aliphatic heterocycles. The van der Waals surface area contributed by atoms with Crippen molar-refractivity contribution in [2.24, 2.45) is 5.92 Å². The van der Waals surface area contributed by atoms with Gasteiger partial charge in [0.25, 0.3) is 0 Å². The molecule has 3 aromatic carbocycles.